The monoisotopic (exact) mass is 412 g/mol. The van der Waals surface area contributed by atoms with Crippen molar-refractivity contribution >= 4 is 28.8 Å². The van der Waals surface area contributed by atoms with Gasteiger partial charge in [0.1, 0.15) is 11.7 Å². The molecule has 0 aromatic heterocycles. The molecular formula is C20H19F3O6. The Morgan fingerprint density at radius 1 is 1.00 bits per heavy atom. The van der Waals surface area contributed by atoms with Gasteiger partial charge < -0.3 is 19.3 Å². The van der Waals surface area contributed by atoms with Crippen LogP contribution >= 0.6 is 0 Å². The molecule has 0 saturated heterocycles. The molecule has 2 rings (SSSR count). The van der Waals surface area contributed by atoms with E-state index in [1.54, 1.807) is 36.4 Å². The first-order chi connectivity index (χ1) is 13.6. The number of rotatable bonds is 6. The summed E-state index contributed by atoms with van der Waals surface area (Å²) in [6.45, 7) is 0. The van der Waals surface area contributed by atoms with Gasteiger partial charge in [-0.15, -0.1) is 0 Å². The second kappa shape index (κ2) is 8.52. The minimum atomic E-state index is -5.49. The quantitative estimate of drug-likeness (QED) is 0.735. The number of fused-ring (bicyclic) bond motifs is 1. The summed E-state index contributed by atoms with van der Waals surface area (Å²) in [5.74, 6) is -5.26. The van der Waals surface area contributed by atoms with E-state index in [-0.39, 0.29) is 0 Å². The Bertz CT molecular complexity index is 937. The first-order valence-electron chi connectivity index (χ1n) is 8.29. The molecule has 0 bridgehead atoms. The van der Waals surface area contributed by atoms with Gasteiger partial charge in [0.15, 0.2) is 0 Å². The van der Waals surface area contributed by atoms with Crippen LogP contribution in [0, 0.1) is 5.92 Å². The molecule has 9 heteroatoms. The number of carbonyl (C=O) groups excluding carboxylic acids is 2. The summed E-state index contributed by atoms with van der Waals surface area (Å²) in [5, 5.41) is 11.7. The lowest BCUT2D eigenvalue weighted by atomic mass is 9.85. The van der Waals surface area contributed by atoms with E-state index in [1.807, 2.05) is 0 Å². The van der Waals surface area contributed by atoms with Crippen molar-refractivity contribution in [2.45, 2.75) is 11.8 Å². The highest BCUT2D eigenvalue weighted by Gasteiger charge is 2.67. The number of methoxy groups -OCH3 is 3. The van der Waals surface area contributed by atoms with Crippen molar-refractivity contribution in [1.82, 2.24) is 0 Å². The molecule has 0 saturated carbocycles. The van der Waals surface area contributed by atoms with Crippen molar-refractivity contribution in [2.75, 3.05) is 21.3 Å². The van der Waals surface area contributed by atoms with Gasteiger partial charge in [-0.05, 0) is 34.5 Å². The van der Waals surface area contributed by atoms with Crippen LogP contribution in [0.1, 0.15) is 5.56 Å². The Hall–Kier alpha value is -3.07. The molecule has 2 aromatic carbocycles. The number of carbonyl (C=O) groups is 2. The second-order valence-corrected chi connectivity index (χ2v) is 6.09. The minimum absolute atomic E-state index is 0.425. The van der Waals surface area contributed by atoms with Gasteiger partial charge in [-0.2, -0.15) is 13.2 Å². The number of esters is 2. The summed E-state index contributed by atoms with van der Waals surface area (Å²) < 4.78 is 54.1. The number of aliphatic hydroxyl groups is 1. The molecule has 0 aliphatic rings. The molecule has 0 aliphatic carbocycles. The number of halogens is 3. The molecule has 0 fully saturated rings. The van der Waals surface area contributed by atoms with Crippen LogP contribution in [0.3, 0.4) is 0 Å². The SMILES string of the molecule is COC(=O)[C@@H](/C=C/c1ccc2ccc(OC)cc2c1)[C@](O)(C(=O)OC)C(F)(F)F. The first-order valence-corrected chi connectivity index (χ1v) is 8.29. The lowest BCUT2D eigenvalue weighted by Gasteiger charge is -2.31. The Labute approximate surface area is 164 Å². The van der Waals surface area contributed by atoms with E-state index in [9.17, 15) is 27.9 Å². The molecule has 0 aliphatic heterocycles. The zero-order chi connectivity index (χ0) is 21.8. The highest BCUT2D eigenvalue weighted by Crippen LogP contribution is 2.39. The zero-order valence-electron chi connectivity index (χ0n) is 15.8. The number of alkyl halides is 3. The van der Waals surface area contributed by atoms with Gasteiger partial charge in [0.25, 0.3) is 5.60 Å². The molecule has 0 radical (unpaired) electrons. The third-order valence-corrected chi connectivity index (χ3v) is 4.39. The summed E-state index contributed by atoms with van der Waals surface area (Å²) in [4.78, 5) is 23.7. The van der Waals surface area contributed by atoms with E-state index in [0.717, 1.165) is 24.0 Å². The van der Waals surface area contributed by atoms with Gasteiger partial charge in [0.05, 0.1) is 21.3 Å². The standard InChI is InChI=1S/C20H19F3O6/c1-27-15-8-7-13-6-4-12(10-14(13)11-15)5-9-16(17(24)28-2)19(26,18(25)29-3)20(21,22)23/h4-11,16,26H,1-3H3/b9-5+/t16-,19+/m1/s1. The van der Waals surface area contributed by atoms with Gasteiger partial charge in [-0.1, -0.05) is 30.4 Å². The maximum absolute atomic E-state index is 13.5. The van der Waals surface area contributed by atoms with E-state index >= 15 is 0 Å². The normalized spacial score (nSPS) is 15.0. The summed E-state index contributed by atoms with van der Waals surface area (Å²) in [6, 6.07) is 10.3. The summed E-state index contributed by atoms with van der Waals surface area (Å²) in [7, 11) is 3.02. The van der Waals surface area contributed by atoms with Crippen LogP contribution < -0.4 is 4.74 Å². The first kappa shape index (κ1) is 22.2. The maximum atomic E-state index is 13.5. The van der Waals surface area contributed by atoms with Gasteiger partial charge in [-0.25, -0.2) is 4.79 Å². The molecule has 0 heterocycles. The molecule has 2 atom stereocenters. The van der Waals surface area contributed by atoms with Crippen LogP contribution in [-0.2, 0) is 19.1 Å². The topological polar surface area (TPSA) is 82.1 Å². The lowest BCUT2D eigenvalue weighted by Crippen LogP contribution is -2.59. The van der Waals surface area contributed by atoms with Crippen molar-refractivity contribution in [2.24, 2.45) is 5.92 Å². The van der Waals surface area contributed by atoms with Crippen molar-refractivity contribution in [3.05, 3.63) is 48.0 Å². The van der Waals surface area contributed by atoms with E-state index in [4.69, 9.17) is 4.74 Å². The van der Waals surface area contributed by atoms with E-state index in [1.165, 1.54) is 13.2 Å². The average molecular weight is 412 g/mol. The van der Waals surface area contributed by atoms with Crippen LogP contribution in [0.15, 0.2) is 42.5 Å². The summed E-state index contributed by atoms with van der Waals surface area (Å²) in [5.41, 5.74) is -3.68. The van der Waals surface area contributed by atoms with Crippen LogP contribution in [0.4, 0.5) is 13.2 Å². The second-order valence-electron chi connectivity index (χ2n) is 6.09. The fourth-order valence-corrected chi connectivity index (χ4v) is 2.77. The number of hydrogen-bond acceptors (Lipinski definition) is 6. The highest BCUT2D eigenvalue weighted by molar-refractivity contribution is 5.91. The molecule has 1 N–H and O–H groups in total. The van der Waals surface area contributed by atoms with Crippen LogP contribution in [0.2, 0.25) is 0 Å². The summed E-state index contributed by atoms with van der Waals surface area (Å²) in [6.07, 6.45) is -3.54. The average Bonchev–Trinajstić information content (AvgIpc) is 2.71. The van der Waals surface area contributed by atoms with Gasteiger partial charge >= 0.3 is 18.1 Å². The molecule has 29 heavy (non-hydrogen) atoms. The van der Waals surface area contributed by atoms with E-state index < -0.39 is 29.6 Å². The largest absolute Gasteiger partial charge is 0.497 e. The summed E-state index contributed by atoms with van der Waals surface area (Å²) >= 11 is 0. The molecule has 2 aromatic rings. The third kappa shape index (κ3) is 4.34. The molecule has 6 nitrogen and oxygen atoms in total. The highest BCUT2D eigenvalue weighted by atomic mass is 19.4. The van der Waals surface area contributed by atoms with Crippen molar-refractivity contribution < 1.29 is 42.1 Å². The van der Waals surface area contributed by atoms with Crippen molar-refractivity contribution in [1.29, 1.82) is 0 Å². The van der Waals surface area contributed by atoms with E-state index in [0.29, 0.717) is 18.4 Å². The Kier molecular flexibility index (Phi) is 6.53. The number of hydrogen-bond donors (Lipinski definition) is 1. The van der Waals surface area contributed by atoms with Crippen LogP contribution in [-0.4, -0.2) is 50.2 Å². The minimum Gasteiger partial charge on any atom is -0.497 e. The van der Waals surface area contributed by atoms with E-state index in [2.05, 4.69) is 9.47 Å². The molecule has 0 amide bonds. The Balaban J connectivity index is 2.51. The van der Waals surface area contributed by atoms with Gasteiger partial charge in [0, 0.05) is 0 Å². The number of ether oxygens (including phenoxy) is 3. The van der Waals surface area contributed by atoms with Crippen molar-refractivity contribution in [3.63, 3.8) is 0 Å². The smallest absolute Gasteiger partial charge is 0.429 e. The van der Waals surface area contributed by atoms with Gasteiger partial charge in [0.2, 0.25) is 0 Å². The van der Waals surface area contributed by atoms with Crippen LogP contribution in [0.25, 0.3) is 16.8 Å². The molecular weight excluding hydrogens is 393 g/mol. The predicted octanol–water partition coefficient (Wildman–Crippen LogP) is 3.12. The van der Waals surface area contributed by atoms with Crippen molar-refractivity contribution in [3.8, 4) is 5.75 Å². The fraction of sp³-hybridized carbons (Fsp3) is 0.300. The van der Waals surface area contributed by atoms with Gasteiger partial charge in [-0.3, -0.25) is 4.79 Å². The maximum Gasteiger partial charge on any atom is 0.429 e. The zero-order valence-corrected chi connectivity index (χ0v) is 15.8. The predicted molar refractivity (Wildman–Crippen MR) is 98.1 cm³/mol. The lowest BCUT2D eigenvalue weighted by molar-refractivity contribution is -0.273. The molecule has 0 spiro atoms. The fourth-order valence-electron chi connectivity index (χ4n) is 2.77. The molecule has 156 valence electrons. The molecule has 0 unspecified atom stereocenters. The Morgan fingerprint density at radius 3 is 2.21 bits per heavy atom. The van der Waals surface area contributed by atoms with Crippen LogP contribution in [0.5, 0.6) is 5.75 Å². The Morgan fingerprint density at radius 2 is 1.66 bits per heavy atom. The number of benzene rings is 2. The third-order valence-electron chi connectivity index (χ3n) is 4.39.